The van der Waals surface area contributed by atoms with E-state index in [1.54, 1.807) is 131 Å². The second-order valence-corrected chi connectivity index (χ2v) is 13.1. The molecule has 0 fully saturated rings. The third-order valence-electron chi connectivity index (χ3n) is 8.85. The van der Waals surface area contributed by atoms with E-state index in [1.807, 2.05) is 0 Å². The van der Waals surface area contributed by atoms with E-state index in [-0.39, 0.29) is 33.9 Å². The van der Waals surface area contributed by atoms with Gasteiger partial charge in [-0.3, -0.25) is 0 Å². The highest BCUT2D eigenvalue weighted by molar-refractivity contribution is 5.93. The van der Waals surface area contributed by atoms with Crippen molar-refractivity contribution >= 4 is 52.0 Å². The first kappa shape index (κ1) is 42.3. The van der Waals surface area contributed by atoms with Crippen LogP contribution in [0.1, 0.15) is 31.1 Å². The van der Waals surface area contributed by atoms with Crippen molar-refractivity contribution in [3.05, 3.63) is 180 Å². The first-order valence-electron chi connectivity index (χ1n) is 19.0. The molecule has 0 aliphatic carbocycles. The lowest BCUT2D eigenvalue weighted by molar-refractivity contribution is 0.0730. The lowest BCUT2D eigenvalue weighted by Gasteiger charge is -2.11. The molecule has 0 aromatic heterocycles. The van der Waals surface area contributed by atoms with E-state index >= 15 is 0 Å². The predicted octanol–water partition coefficient (Wildman–Crippen LogP) is 12.6. The van der Waals surface area contributed by atoms with E-state index < -0.39 is 17.9 Å². The zero-order valence-electron chi connectivity index (χ0n) is 33.9. The van der Waals surface area contributed by atoms with Crippen LogP contribution in [0.5, 0.6) is 34.5 Å². The van der Waals surface area contributed by atoms with Crippen LogP contribution in [-0.4, -0.2) is 39.2 Å². The molecule has 15 nitrogen and oxygen atoms in total. The Morgan fingerprint density at radius 1 is 0.286 bits per heavy atom. The molecule has 0 heterocycles. The average Bonchev–Trinajstić information content (AvgIpc) is 3.32. The first-order valence-corrected chi connectivity index (χ1v) is 19.0. The van der Waals surface area contributed by atoms with Gasteiger partial charge in [-0.2, -0.15) is 30.7 Å². The van der Waals surface area contributed by atoms with Gasteiger partial charge in [0.1, 0.15) is 34.5 Å². The zero-order chi connectivity index (χ0) is 44.0. The molecule has 0 unspecified atom stereocenters. The number of nitrogens with zero attached hydrogens (tertiary/aromatic N) is 6. The molecule has 0 spiro atoms. The molecule has 0 bridgehead atoms. The molecule has 0 saturated carbocycles. The topological polar surface area (TPSA) is 181 Å². The fourth-order valence-corrected chi connectivity index (χ4v) is 5.51. The van der Waals surface area contributed by atoms with Crippen molar-refractivity contribution in [2.45, 2.75) is 0 Å². The van der Waals surface area contributed by atoms with Gasteiger partial charge in [-0.15, -0.1) is 0 Å². The number of ether oxygens (including phenoxy) is 6. The fraction of sp³-hybridized carbons (Fsp3) is 0.0625. The van der Waals surface area contributed by atoms with Crippen LogP contribution in [0.15, 0.2) is 194 Å². The molecule has 0 amide bonds. The molecular weight excluding hydrogens is 805 g/mol. The third kappa shape index (κ3) is 11.9. The second kappa shape index (κ2) is 20.4. The Bertz CT molecular complexity index is 2460. The summed E-state index contributed by atoms with van der Waals surface area (Å²) in [6.07, 6.45) is 0. The summed E-state index contributed by atoms with van der Waals surface area (Å²) in [6.45, 7) is 0. The molecule has 7 aromatic rings. The number of hydrogen-bond donors (Lipinski definition) is 0. The Morgan fingerprint density at radius 3 is 0.667 bits per heavy atom. The van der Waals surface area contributed by atoms with E-state index in [4.69, 9.17) is 28.4 Å². The third-order valence-corrected chi connectivity index (χ3v) is 8.85. The van der Waals surface area contributed by atoms with E-state index in [1.165, 1.54) is 54.6 Å². The van der Waals surface area contributed by atoms with Crippen molar-refractivity contribution < 1.29 is 42.8 Å². The van der Waals surface area contributed by atoms with Gasteiger partial charge in [-0.25, -0.2) is 14.4 Å². The van der Waals surface area contributed by atoms with Crippen LogP contribution < -0.4 is 28.4 Å². The summed E-state index contributed by atoms with van der Waals surface area (Å²) in [4.78, 5) is 40.0. The van der Waals surface area contributed by atoms with Gasteiger partial charge in [0.05, 0.1) is 72.1 Å². The van der Waals surface area contributed by atoms with Crippen molar-refractivity contribution in [3.8, 4) is 34.5 Å². The zero-order valence-corrected chi connectivity index (χ0v) is 33.9. The van der Waals surface area contributed by atoms with E-state index in [0.717, 1.165) is 0 Å². The van der Waals surface area contributed by atoms with Crippen molar-refractivity contribution in [2.24, 2.45) is 30.7 Å². The molecule has 312 valence electrons. The standard InChI is InChI=1S/C48H36N6O9/c1-58-40-22-16-37(17-23-40)52-49-34-10-4-31(5-11-34)46(55)61-43-28-44(62-47(56)32-6-12-35(13-7-32)50-53-38-18-24-41(59-2)25-19-38)30-45(29-43)63-48(57)33-8-14-36(15-9-33)51-54-39-20-26-42(60-3)27-21-39/h4-30H,1-3H3. The Hall–Kier alpha value is -8.85. The van der Waals surface area contributed by atoms with Crippen molar-refractivity contribution in [1.82, 2.24) is 0 Å². The van der Waals surface area contributed by atoms with Crippen LogP contribution in [0, 0.1) is 0 Å². The van der Waals surface area contributed by atoms with Crippen LogP contribution in [0.4, 0.5) is 34.1 Å². The molecular formula is C48H36N6O9. The molecule has 7 rings (SSSR count). The highest BCUT2D eigenvalue weighted by Gasteiger charge is 2.17. The van der Waals surface area contributed by atoms with Crippen LogP contribution in [-0.2, 0) is 0 Å². The average molecular weight is 841 g/mol. The minimum absolute atomic E-state index is 0.0695. The van der Waals surface area contributed by atoms with Gasteiger partial charge in [0.25, 0.3) is 0 Å². The molecule has 0 N–H and O–H groups in total. The van der Waals surface area contributed by atoms with E-state index in [0.29, 0.717) is 51.4 Å². The second-order valence-electron chi connectivity index (χ2n) is 13.1. The molecule has 0 aliphatic heterocycles. The van der Waals surface area contributed by atoms with Gasteiger partial charge in [-0.05, 0) is 146 Å². The summed E-state index contributed by atoms with van der Waals surface area (Å²) in [5.74, 6) is -0.358. The number of methoxy groups -OCH3 is 3. The van der Waals surface area contributed by atoms with E-state index in [2.05, 4.69) is 30.7 Å². The summed E-state index contributed by atoms with van der Waals surface area (Å²) < 4.78 is 32.6. The first-order chi connectivity index (χ1) is 30.7. The number of azo groups is 3. The largest absolute Gasteiger partial charge is 0.497 e. The summed E-state index contributed by atoms with van der Waals surface area (Å²) in [6, 6.07) is 43.9. The monoisotopic (exact) mass is 840 g/mol. The highest BCUT2D eigenvalue weighted by Crippen LogP contribution is 2.31. The molecule has 63 heavy (non-hydrogen) atoms. The Balaban J connectivity index is 1.06. The minimum atomic E-state index is -0.742. The molecule has 0 aliphatic rings. The lowest BCUT2D eigenvalue weighted by Crippen LogP contribution is -2.12. The van der Waals surface area contributed by atoms with Crippen LogP contribution in [0.2, 0.25) is 0 Å². The Morgan fingerprint density at radius 2 is 0.476 bits per heavy atom. The summed E-state index contributed by atoms with van der Waals surface area (Å²) in [5.41, 5.74) is 3.89. The Kier molecular flexibility index (Phi) is 13.7. The maximum Gasteiger partial charge on any atom is 0.343 e. The van der Waals surface area contributed by atoms with Crippen molar-refractivity contribution in [2.75, 3.05) is 21.3 Å². The normalized spacial score (nSPS) is 11.1. The molecule has 0 atom stereocenters. The maximum absolute atomic E-state index is 13.3. The highest BCUT2D eigenvalue weighted by atomic mass is 16.6. The smallest absolute Gasteiger partial charge is 0.343 e. The SMILES string of the molecule is COc1ccc(N=Nc2ccc(C(=O)Oc3cc(OC(=O)c4ccc(N=Nc5ccc(OC)cc5)cc4)cc(OC(=O)c4ccc(N=Nc5ccc(OC)cc5)cc4)c3)cc2)cc1. The van der Waals surface area contributed by atoms with Gasteiger partial charge in [0.15, 0.2) is 0 Å². The Labute approximate surface area is 360 Å². The summed E-state index contributed by atoms with van der Waals surface area (Å²) >= 11 is 0. The quantitative estimate of drug-likeness (QED) is 0.0551. The van der Waals surface area contributed by atoms with Crippen molar-refractivity contribution in [3.63, 3.8) is 0 Å². The van der Waals surface area contributed by atoms with Gasteiger partial charge >= 0.3 is 17.9 Å². The predicted molar refractivity (Wildman–Crippen MR) is 232 cm³/mol. The van der Waals surface area contributed by atoms with Crippen molar-refractivity contribution in [1.29, 1.82) is 0 Å². The number of esters is 3. The van der Waals surface area contributed by atoms with Gasteiger partial charge < -0.3 is 28.4 Å². The number of hydrogen-bond acceptors (Lipinski definition) is 15. The maximum atomic E-state index is 13.3. The molecule has 15 heteroatoms. The lowest BCUT2D eigenvalue weighted by atomic mass is 10.2. The molecule has 7 aromatic carbocycles. The number of carbonyl (C=O) groups is 3. The summed E-state index contributed by atoms with van der Waals surface area (Å²) in [7, 11) is 4.73. The fourth-order valence-electron chi connectivity index (χ4n) is 5.51. The van der Waals surface area contributed by atoms with Crippen LogP contribution >= 0.6 is 0 Å². The summed E-state index contributed by atoms with van der Waals surface area (Å²) in [5, 5.41) is 25.3. The molecule has 0 saturated heterocycles. The van der Waals surface area contributed by atoms with Gasteiger partial charge in [-0.1, -0.05) is 0 Å². The minimum Gasteiger partial charge on any atom is -0.497 e. The van der Waals surface area contributed by atoms with Crippen LogP contribution in [0.3, 0.4) is 0 Å². The van der Waals surface area contributed by atoms with Gasteiger partial charge in [0, 0.05) is 18.2 Å². The molecule has 0 radical (unpaired) electrons. The number of benzene rings is 7. The number of carbonyl (C=O) groups excluding carboxylic acids is 3. The van der Waals surface area contributed by atoms with Crippen LogP contribution in [0.25, 0.3) is 0 Å². The van der Waals surface area contributed by atoms with Gasteiger partial charge in [0.2, 0.25) is 0 Å². The number of rotatable bonds is 15. The van der Waals surface area contributed by atoms with E-state index in [9.17, 15) is 14.4 Å².